The van der Waals surface area contributed by atoms with Crippen molar-refractivity contribution in [3.8, 4) is 0 Å². The number of amidine groups is 1. The number of rotatable bonds is 9. The van der Waals surface area contributed by atoms with Crippen LogP contribution in [0, 0.1) is 0 Å². The van der Waals surface area contributed by atoms with Crippen molar-refractivity contribution in [2.75, 3.05) is 50.0 Å². The van der Waals surface area contributed by atoms with Gasteiger partial charge in [0.05, 0.1) is 10.6 Å². The Hall–Kier alpha value is -3.20. The summed E-state index contributed by atoms with van der Waals surface area (Å²) in [7, 11) is 2.15. The summed E-state index contributed by atoms with van der Waals surface area (Å²) in [6.45, 7) is 5.47. The molecule has 34 heavy (non-hydrogen) atoms. The largest absolute Gasteiger partial charge is 0.383 e. The Morgan fingerprint density at radius 2 is 1.85 bits per heavy atom. The average molecular weight is 477 g/mol. The van der Waals surface area contributed by atoms with E-state index in [0.29, 0.717) is 25.3 Å². The molecule has 1 amide bonds. The number of nitrogens with zero attached hydrogens (tertiary/aromatic N) is 3. The lowest BCUT2D eigenvalue weighted by Gasteiger charge is -2.34. The second-order valence-electron chi connectivity index (χ2n) is 8.46. The lowest BCUT2D eigenvalue weighted by molar-refractivity contribution is -0.116. The van der Waals surface area contributed by atoms with E-state index in [1.165, 1.54) is 5.69 Å². The smallest absolute Gasteiger partial charge is 0.225 e. The zero-order valence-electron chi connectivity index (χ0n) is 19.5. The summed E-state index contributed by atoms with van der Waals surface area (Å²) in [5, 5.41) is 8.30. The SMILES string of the molecule is CN1CCN(c2ccc(NC(=O)CCNCc3cccc(N=C(N)c4cccs4)c3)cc2)CC1. The van der Waals surface area contributed by atoms with Crippen molar-refractivity contribution in [2.45, 2.75) is 13.0 Å². The summed E-state index contributed by atoms with van der Waals surface area (Å²) >= 11 is 1.57. The minimum Gasteiger partial charge on any atom is -0.383 e. The lowest BCUT2D eigenvalue weighted by Crippen LogP contribution is -2.44. The summed E-state index contributed by atoms with van der Waals surface area (Å²) in [6, 6.07) is 20.0. The number of carbonyl (C=O) groups is 1. The molecule has 0 atom stereocenters. The predicted octanol–water partition coefficient (Wildman–Crippen LogP) is 3.66. The number of anilines is 2. The highest BCUT2D eigenvalue weighted by molar-refractivity contribution is 7.12. The van der Waals surface area contributed by atoms with Gasteiger partial charge in [-0.1, -0.05) is 18.2 Å². The second kappa shape index (κ2) is 11.8. The van der Waals surface area contributed by atoms with E-state index in [1.54, 1.807) is 11.3 Å². The third-order valence-electron chi connectivity index (χ3n) is 5.81. The Bertz CT molecular complexity index is 1090. The number of carbonyl (C=O) groups excluding carboxylic acids is 1. The second-order valence-corrected chi connectivity index (χ2v) is 9.40. The van der Waals surface area contributed by atoms with Gasteiger partial charge in [0.15, 0.2) is 0 Å². The van der Waals surface area contributed by atoms with Crippen LogP contribution in [0.4, 0.5) is 17.1 Å². The van der Waals surface area contributed by atoms with E-state index < -0.39 is 0 Å². The average Bonchev–Trinajstić information content (AvgIpc) is 3.39. The van der Waals surface area contributed by atoms with Gasteiger partial charge in [-0.3, -0.25) is 4.79 Å². The van der Waals surface area contributed by atoms with E-state index >= 15 is 0 Å². The van der Waals surface area contributed by atoms with Crippen LogP contribution < -0.4 is 21.3 Å². The van der Waals surface area contributed by atoms with Gasteiger partial charge in [-0.05, 0) is 60.5 Å². The number of piperazine rings is 1. The topological polar surface area (TPSA) is 86.0 Å². The highest BCUT2D eigenvalue weighted by atomic mass is 32.1. The van der Waals surface area contributed by atoms with Crippen LogP contribution in [0.3, 0.4) is 0 Å². The van der Waals surface area contributed by atoms with Crippen molar-refractivity contribution in [2.24, 2.45) is 10.7 Å². The van der Waals surface area contributed by atoms with Crippen molar-refractivity contribution in [3.05, 3.63) is 76.5 Å². The van der Waals surface area contributed by atoms with E-state index in [1.807, 2.05) is 53.9 Å². The van der Waals surface area contributed by atoms with Crippen LogP contribution in [-0.4, -0.2) is 56.4 Å². The number of nitrogens with two attached hydrogens (primary N) is 1. The van der Waals surface area contributed by atoms with Gasteiger partial charge in [0.25, 0.3) is 0 Å². The number of nitrogens with one attached hydrogen (secondary N) is 2. The minimum atomic E-state index is 0.00178. The predicted molar refractivity (Wildman–Crippen MR) is 142 cm³/mol. The zero-order valence-corrected chi connectivity index (χ0v) is 20.4. The number of amides is 1. The quantitative estimate of drug-likeness (QED) is 0.249. The van der Waals surface area contributed by atoms with Gasteiger partial charge in [-0.15, -0.1) is 11.3 Å². The Morgan fingerprint density at radius 1 is 1.06 bits per heavy atom. The van der Waals surface area contributed by atoms with Gasteiger partial charge in [0, 0.05) is 57.1 Å². The molecule has 1 aliphatic heterocycles. The first kappa shape index (κ1) is 23.9. The summed E-state index contributed by atoms with van der Waals surface area (Å²) in [5.74, 6) is 0.523. The molecule has 8 heteroatoms. The number of likely N-dealkylation sites (N-methyl/N-ethyl adjacent to an activating group) is 1. The maximum atomic E-state index is 12.3. The molecule has 0 aliphatic carbocycles. The van der Waals surface area contributed by atoms with E-state index in [4.69, 9.17) is 5.73 Å². The third kappa shape index (κ3) is 6.90. The molecule has 2 heterocycles. The molecule has 178 valence electrons. The highest BCUT2D eigenvalue weighted by Gasteiger charge is 2.14. The van der Waals surface area contributed by atoms with E-state index in [2.05, 4.69) is 44.6 Å². The first-order valence-corrected chi connectivity index (χ1v) is 12.5. The Kier molecular flexibility index (Phi) is 8.30. The van der Waals surface area contributed by atoms with Crippen molar-refractivity contribution >= 4 is 40.1 Å². The molecule has 0 saturated carbocycles. The van der Waals surface area contributed by atoms with Crippen molar-refractivity contribution in [1.29, 1.82) is 0 Å². The normalized spacial score (nSPS) is 14.9. The number of hydrogen-bond donors (Lipinski definition) is 3. The van der Waals surface area contributed by atoms with E-state index in [0.717, 1.165) is 48.0 Å². The van der Waals surface area contributed by atoms with Gasteiger partial charge in [-0.2, -0.15) is 0 Å². The molecule has 0 bridgehead atoms. The third-order valence-corrected chi connectivity index (χ3v) is 6.70. The van der Waals surface area contributed by atoms with Crippen LogP contribution >= 0.6 is 11.3 Å². The molecule has 0 unspecified atom stereocenters. The molecule has 3 aromatic rings. The monoisotopic (exact) mass is 476 g/mol. The fourth-order valence-electron chi connectivity index (χ4n) is 3.83. The minimum absolute atomic E-state index is 0.00178. The molecule has 1 aliphatic rings. The molecule has 1 aromatic heterocycles. The molecule has 0 spiro atoms. The molecule has 1 fully saturated rings. The van der Waals surface area contributed by atoms with Crippen LogP contribution in [0.15, 0.2) is 71.0 Å². The van der Waals surface area contributed by atoms with Crippen LogP contribution in [-0.2, 0) is 11.3 Å². The van der Waals surface area contributed by atoms with E-state index in [9.17, 15) is 4.79 Å². The van der Waals surface area contributed by atoms with Crippen LogP contribution in [0.1, 0.15) is 16.9 Å². The molecule has 7 nitrogen and oxygen atoms in total. The summed E-state index contributed by atoms with van der Waals surface area (Å²) in [6.07, 6.45) is 0.406. The Balaban J connectivity index is 1.19. The number of benzene rings is 2. The van der Waals surface area contributed by atoms with Crippen molar-refractivity contribution < 1.29 is 4.79 Å². The summed E-state index contributed by atoms with van der Waals surface area (Å²) in [4.78, 5) is 22.5. The molecule has 2 aromatic carbocycles. The molecule has 0 radical (unpaired) electrons. The molecule has 4 N–H and O–H groups in total. The first-order valence-electron chi connectivity index (χ1n) is 11.6. The van der Waals surface area contributed by atoms with Crippen LogP contribution in [0.25, 0.3) is 0 Å². The highest BCUT2D eigenvalue weighted by Crippen LogP contribution is 2.20. The number of aliphatic imine (C=N–C) groups is 1. The number of hydrogen-bond acceptors (Lipinski definition) is 6. The standard InChI is InChI=1S/C26H32N6OS/c1-31-13-15-32(16-14-31)23-9-7-21(8-10-23)29-25(33)11-12-28-19-20-4-2-5-22(18-20)30-26(27)24-6-3-17-34-24/h2-10,17-18,28H,11-16,19H2,1H3,(H2,27,30)(H,29,33). The van der Waals surface area contributed by atoms with Gasteiger partial charge >= 0.3 is 0 Å². The molecular formula is C26H32N6OS. The maximum Gasteiger partial charge on any atom is 0.225 e. The Labute approximate surface area is 205 Å². The van der Waals surface area contributed by atoms with Gasteiger partial charge < -0.3 is 26.2 Å². The van der Waals surface area contributed by atoms with Gasteiger partial charge in [0.1, 0.15) is 5.84 Å². The van der Waals surface area contributed by atoms with Crippen LogP contribution in [0.2, 0.25) is 0 Å². The molecular weight excluding hydrogens is 444 g/mol. The fourth-order valence-corrected chi connectivity index (χ4v) is 4.46. The van der Waals surface area contributed by atoms with Gasteiger partial charge in [0.2, 0.25) is 5.91 Å². The Morgan fingerprint density at radius 3 is 2.59 bits per heavy atom. The van der Waals surface area contributed by atoms with Crippen molar-refractivity contribution in [3.63, 3.8) is 0 Å². The van der Waals surface area contributed by atoms with Crippen LogP contribution in [0.5, 0.6) is 0 Å². The molecule has 1 saturated heterocycles. The summed E-state index contributed by atoms with van der Waals surface area (Å²) < 4.78 is 0. The fraction of sp³-hybridized carbons (Fsp3) is 0.308. The lowest BCUT2D eigenvalue weighted by atomic mass is 10.2. The number of thiophene rings is 1. The molecule has 4 rings (SSSR count). The van der Waals surface area contributed by atoms with Crippen molar-refractivity contribution in [1.82, 2.24) is 10.2 Å². The van der Waals surface area contributed by atoms with E-state index in [-0.39, 0.29) is 5.91 Å². The zero-order chi connectivity index (χ0) is 23.8. The van der Waals surface area contributed by atoms with Gasteiger partial charge in [-0.25, -0.2) is 4.99 Å². The summed E-state index contributed by atoms with van der Waals surface area (Å²) in [5.41, 5.74) is 10.0. The maximum absolute atomic E-state index is 12.3. The first-order chi connectivity index (χ1) is 16.6.